The topological polar surface area (TPSA) is 97.5 Å². The van der Waals surface area contributed by atoms with Gasteiger partial charge in [0.25, 0.3) is 5.69 Å². The summed E-state index contributed by atoms with van der Waals surface area (Å²) in [5, 5.41) is 11.4. The van der Waals surface area contributed by atoms with Crippen LogP contribution in [-0.4, -0.2) is 17.9 Å². The largest absolute Gasteiger partial charge is 0.302 e. The van der Waals surface area contributed by atoms with Gasteiger partial charge in [0.15, 0.2) is 4.90 Å². The number of fused-ring (bicyclic) bond motifs is 1. The van der Waals surface area contributed by atoms with E-state index in [1.54, 1.807) is 18.2 Å². The van der Waals surface area contributed by atoms with E-state index in [-0.39, 0.29) is 17.8 Å². The lowest BCUT2D eigenvalue weighted by molar-refractivity contribution is -0.387. The van der Waals surface area contributed by atoms with E-state index in [9.17, 15) is 18.5 Å². The molecule has 0 saturated carbocycles. The van der Waals surface area contributed by atoms with Gasteiger partial charge >= 0.3 is 10.1 Å². The van der Waals surface area contributed by atoms with Gasteiger partial charge in [-0.05, 0) is 11.5 Å². The highest BCUT2D eigenvalue weighted by atomic mass is 35.5. The molecule has 0 aliphatic rings. The Labute approximate surface area is 109 Å². The van der Waals surface area contributed by atoms with E-state index in [1.165, 1.54) is 12.1 Å². The predicted molar refractivity (Wildman–Crippen MR) is 67.7 cm³/mol. The van der Waals surface area contributed by atoms with Gasteiger partial charge < -0.3 is 0 Å². The fraction of sp³-hybridized carbons (Fsp3) is 0. The van der Waals surface area contributed by atoms with Gasteiger partial charge in [-0.3, -0.25) is 14.7 Å². The molecule has 0 aromatic heterocycles. The molecule has 18 heavy (non-hydrogen) atoms. The SMILES string of the molecule is Cl.O=[N+]([O-])c1ccc2ccccc2c1S(=O)(=O)O. The third-order valence-electron chi connectivity index (χ3n) is 2.31. The number of hydrogen-bond donors (Lipinski definition) is 1. The van der Waals surface area contributed by atoms with Crippen LogP contribution in [-0.2, 0) is 10.1 Å². The third-order valence-corrected chi connectivity index (χ3v) is 3.26. The molecule has 6 nitrogen and oxygen atoms in total. The summed E-state index contributed by atoms with van der Waals surface area (Å²) in [4.78, 5) is 9.24. The molecule has 0 radical (unpaired) electrons. The molecule has 0 fully saturated rings. The maximum atomic E-state index is 11.2. The average molecular weight is 290 g/mol. The highest BCUT2D eigenvalue weighted by Crippen LogP contribution is 2.31. The summed E-state index contributed by atoms with van der Waals surface area (Å²) in [6, 6.07) is 8.72. The Bertz CT molecular complexity index is 713. The van der Waals surface area contributed by atoms with Gasteiger partial charge in [0.2, 0.25) is 0 Å². The first-order valence-corrected chi connectivity index (χ1v) is 5.99. The second-order valence-electron chi connectivity index (χ2n) is 3.37. The van der Waals surface area contributed by atoms with Crippen molar-refractivity contribution in [3.8, 4) is 0 Å². The summed E-state index contributed by atoms with van der Waals surface area (Å²) in [5.74, 6) is 0. The van der Waals surface area contributed by atoms with E-state index in [1.807, 2.05) is 0 Å². The zero-order valence-electron chi connectivity index (χ0n) is 8.81. The molecule has 1 N–H and O–H groups in total. The second-order valence-corrected chi connectivity index (χ2v) is 4.73. The number of hydrogen-bond acceptors (Lipinski definition) is 4. The average Bonchev–Trinajstić information content (AvgIpc) is 2.26. The number of benzene rings is 2. The van der Waals surface area contributed by atoms with Crippen molar-refractivity contribution in [2.75, 3.05) is 0 Å². The molecule has 8 heteroatoms. The van der Waals surface area contributed by atoms with Gasteiger partial charge in [-0.1, -0.05) is 24.3 Å². The van der Waals surface area contributed by atoms with Crippen molar-refractivity contribution in [3.63, 3.8) is 0 Å². The minimum Gasteiger partial charge on any atom is -0.282 e. The van der Waals surface area contributed by atoms with E-state index < -0.39 is 25.6 Å². The maximum absolute atomic E-state index is 11.2. The van der Waals surface area contributed by atoms with Crippen LogP contribution in [0.15, 0.2) is 41.3 Å². The summed E-state index contributed by atoms with van der Waals surface area (Å²) in [6.45, 7) is 0. The van der Waals surface area contributed by atoms with E-state index in [4.69, 9.17) is 4.55 Å². The summed E-state index contributed by atoms with van der Waals surface area (Å²) in [5.41, 5.74) is -0.633. The van der Waals surface area contributed by atoms with Crippen LogP contribution < -0.4 is 0 Å². The number of nitro benzene ring substituents is 1. The Balaban J connectivity index is 0.00000162. The number of nitrogens with zero attached hydrogens (tertiary/aromatic N) is 1. The molecule has 2 aromatic rings. The van der Waals surface area contributed by atoms with Crippen LogP contribution in [0, 0.1) is 10.1 Å². The normalized spacial score (nSPS) is 10.9. The van der Waals surface area contributed by atoms with Gasteiger partial charge in [0.05, 0.1) is 4.92 Å². The van der Waals surface area contributed by atoms with Crippen molar-refractivity contribution in [3.05, 3.63) is 46.5 Å². The first kappa shape index (κ1) is 14.4. The number of nitro groups is 1. The molecule has 0 bridgehead atoms. The minimum atomic E-state index is -4.65. The van der Waals surface area contributed by atoms with Crippen LogP contribution in [0.2, 0.25) is 0 Å². The molecule has 0 saturated heterocycles. The lowest BCUT2D eigenvalue weighted by atomic mass is 10.1. The standard InChI is InChI=1S/C10H7NO5S.ClH/c12-11(13)9-6-5-7-3-1-2-4-8(7)10(9)17(14,15)16;/h1-6H,(H,14,15,16);1H. The van der Waals surface area contributed by atoms with E-state index in [0.717, 1.165) is 6.07 Å². The van der Waals surface area contributed by atoms with Gasteiger partial charge in [0.1, 0.15) is 0 Å². The molecule has 96 valence electrons. The summed E-state index contributed by atoms with van der Waals surface area (Å²) >= 11 is 0. The third kappa shape index (κ3) is 2.42. The Hall–Kier alpha value is -1.70. The molecule has 0 aliphatic heterocycles. The molecule has 0 spiro atoms. The van der Waals surface area contributed by atoms with Crippen molar-refractivity contribution in [1.29, 1.82) is 0 Å². The van der Waals surface area contributed by atoms with Crippen molar-refractivity contribution < 1.29 is 17.9 Å². The van der Waals surface area contributed by atoms with Crippen LogP contribution in [0.5, 0.6) is 0 Å². The van der Waals surface area contributed by atoms with Crippen molar-refractivity contribution in [2.45, 2.75) is 4.90 Å². The summed E-state index contributed by atoms with van der Waals surface area (Å²) in [6.07, 6.45) is 0. The van der Waals surface area contributed by atoms with E-state index in [2.05, 4.69) is 0 Å². The van der Waals surface area contributed by atoms with Crippen LogP contribution >= 0.6 is 12.4 Å². The molecule has 0 amide bonds. The van der Waals surface area contributed by atoms with Gasteiger partial charge in [0, 0.05) is 11.5 Å². The first-order valence-electron chi connectivity index (χ1n) is 4.55. The summed E-state index contributed by atoms with van der Waals surface area (Å²) < 4.78 is 31.5. The highest BCUT2D eigenvalue weighted by molar-refractivity contribution is 7.86. The van der Waals surface area contributed by atoms with Crippen molar-refractivity contribution in [1.82, 2.24) is 0 Å². The van der Waals surface area contributed by atoms with Crippen LogP contribution in [0.3, 0.4) is 0 Å². The zero-order valence-corrected chi connectivity index (χ0v) is 10.4. The van der Waals surface area contributed by atoms with Gasteiger partial charge in [-0.2, -0.15) is 8.42 Å². The zero-order chi connectivity index (χ0) is 12.6. The fourth-order valence-electron chi connectivity index (χ4n) is 1.65. The van der Waals surface area contributed by atoms with Crippen molar-refractivity contribution >= 4 is 39.0 Å². The molecule has 0 aliphatic carbocycles. The quantitative estimate of drug-likeness (QED) is 0.520. The Morgan fingerprint density at radius 2 is 1.72 bits per heavy atom. The predicted octanol–water partition coefficient (Wildman–Crippen LogP) is 2.42. The Morgan fingerprint density at radius 1 is 1.11 bits per heavy atom. The molecule has 0 unspecified atom stereocenters. The Morgan fingerprint density at radius 3 is 2.28 bits per heavy atom. The molecule has 2 aromatic carbocycles. The molecular weight excluding hydrogens is 282 g/mol. The van der Waals surface area contributed by atoms with Crippen LogP contribution in [0.25, 0.3) is 10.8 Å². The van der Waals surface area contributed by atoms with E-state index in [0.29, 0.717) is 5.39 Å². The highest BCUT2D eigenvalue weighted by Gasteiger charge is 2.26. The molecule has 2 rings (SSSR count). The van der Waals surface area contributed by atoms with Crippen LogP contribution in [0.1, 0.15) is 0 Å². The summed E-state index contributed by atoms with van der Waals surface area (Å²) in [7, 11) is -4.65. The molecule has 0 heterocycles. The smallest absolute Gasteiger partial charge is 0.282 e. The second kappa shape index (κ2) is 4.89. The minimum absolute atomic E-state index is 0. The van der Waals surface area contributed by atoms with Crippen molar-refractivity contribution in [2.24, 2.45) is 0 Å². The maximum Gasteiger partial charge on any atom is 0.302 e. The van der Waals surface area contributed by atoms with Crippen LogP contribution in [0.4, 0.5) is 5.69 Å². The monoisotopic (exact) mass is 289 g/mol. The Kier molecular flexibility index (Phi) is 3.90. The van der Waals surface area contributed by atoms with Gasteiger partial charge in [-0.15, -0.1) is 12.4 Å². The number of rotatable bonds is 2. The first-order chi connectivity index (χ1) is 7.91. The molecular formula is C10H8ClNO5S. The van der Waals surface area contributed by atoms with Gasteiger partial charge in [-0.25, -0.2) is 0 Å². The lowest BCUT2D eigenvalue weighted by Gasteiger charge is -2.04. The number of halogens is 1. The molecule has 0 atom stereocenters. The fourth-order valence-corrected chi connectivity index (χ4v) is 2.52. The van der Waals surface area contributed by atoms with E-state index >= 15 is 0 Å². The lowest BCUT2D eigenvalue weighted by Crippen LogP contribution is -2.04.